The van der Waals surface area contributed by atoms with Crippen molar-refractivity contribution in [2.75, 3.05) is 19.8 Å². The molecule has 2 N–H and O–H groups in total. The number of ether oxygens (including phenoxy) is 1. The second-order valence-corrected chi connectivity index (χ2v) is 5.47. The highest BCUT2D eigenvalue weighted by molar-refractivity contribution is 5.76. The molecule has 0 aromatic rings. The van der Waals surface area contributed by atoms with E-state index >= 15 is 0 Å². The lowest BCUT2D eigenvalue weighted by atomic mass is 9.75. The van der Waals surface area contributed by atoms with Gasteiger partial charge in [0.2, 0.25) is 0 Å². The molecular weight excluding hydrogens is 256 g/mol. The van der Waals surface area contributed by atoms with E-state index in [1.807, 2.05) is 6.92 Å². The topological polar surface area (TPSA) is 66.8 Å². The average Bonchev–Trinajstić information content (AvgIpc) is 2.44. The third kappa shape index (κ3) is 7.25. The van der Waals surface area contributed by atoms with Crippen LogP contribution in [0.15, 0.2) is 0 Å². The van der Waals surface area contributed by atoms with Gasteiger partial charge in [-0.25, -0.2) is 0 Å². The largest absolute Gasteiger partial charge is 0.466 e. The Morgan fingerprint density at radius 1 is 0.900 bits per heavy atom. The Labute approximate surface area is 123 Å². The van der Waals surface area contributed by atoms with E-state index in [1.165, 1.54) is 6.42 Å². The lowest BCUT2D eigenvalue weighted by molar-refractivity contribution is -0.158. The number of hydrogen-bond donors (Lipinski definition) is 2. The maximum atomic E-state index is 12.3. The van der Waals surface area contributed by atoms with Crippen molar-refractivity contribution in [2.24, 2.45) is 5.41 Å². The molecule has 0 radical (unpaired) electrons. The van der Waals surface area contributed by atoms with E-state index in [0.29, 0.717) is 25.9 Å². The van der Waals surface area contributed by atoms with Gasteiger partial charge in [-0.1, -0.05) is 39.0 Å². The summed E-state index contributed by atoms with van der Waals surface area (Å²) >= 11 is 0. The van der Waals surface area contributed by atoms with Gasteiger partial charge in [-0.15, -0.1) is 0 Å². The molecule has 0 heterocycles. The molecule has 0 saturated heterocycles. The normalized spacial score (nSPS) is 14.0. The summed E-state index contributed by atoms with van der Waals surface area (Å²) in [6.07, 6.45) is 7.87. The highest BCUT2D eigenvalue weighted by Gasteiger charge is 2.38. The van der Waals surface area contributed by atoms with E-state index in [0.717, 1.165) is 32.1 Å². The lowest BCUT2D eigenvalue weighted by Crippen LogP contribution is -2.34. The molecule has 0 saturated carbocycles. The van der Waals surface area contributed by atoms with Crippen molar-refractivity contribution in [1.29, 1.82) is 0 Å². The van der Waals surface area contributed by atoms with Crippen molar-refractivity contribution in [2.45, 2.75) is 71.6 Å². The van der Waals surface area contributed by atoms with E-state index in [4.69, 9.17) is 9.84 Å². The fraction of sp³-hybridized carbons (Fsp3) is 0.938. The summed E-state index contributed by atoms with van der Waals surface area (Å²) in [7, 11) is 0. The molecule has 120 valence electrons. The van der Waals surface area contributed by atoms with Crippen LogP contribution in [0.25, 0.3) is 0 Å². The molecule has 0 aromatic heterocycles. The van der Waals surface area contributed by atoms with Gasteiger partial charge in [-0.2, -0.15) is 0 Å². The number of hydrogen-bond acceptors (Lipinski definition) is 4. The van der Waals surface area contributed by atoms with Crippen molar-refractivity contribution < 1.29 is 19.7 Å². The number of rotatable bonds is 13. The predicted octanol–water partition coefficient (Wildman–Crippen LogP) is 3.05. The minimum Gasteiger partial charge on any atom is -0.466 e. The second kappa shape index (κ2) is 12.2. The van der Waals surface area contributed by atoms with E-state index in [2.05, 4.69) is 6.92 Å². The molecule has 1 atom stereocenters. The standard InChI is InChI=1S/C16H32O4/c1-3-5-6-7-10-16(12-14-18,11-8-9-13-17)15(19)20-4-2/h17-18H,3-14H2,1-2H3. The third-order valence-corrected chi connectivity index (χ3v) is 3.87. The molecule has 0 fully saturated rings. The first kappa shape index (κ1) is 19.4. The van der Waals surface area contributed by atoms with Gasteiger partial charge in [0.15, 0.2) is 0 Å². The Morgan fingerprint density at radius 3 is 2.05 bits per heavy atom. The molecule has 0 aliphatic carbocycles. The van der Waals surface area contributed by atoms with Gasteiger partial charge < -0.3 is 14.9 Å². The molecule has 0 amide bonds. The molecule has 1 unspecified atom stereocenters. The zero-order valence-electron chi connectivity index (χ0n) is 13.2. The molecule has 0 spiro atoms. The van der Waals surface area contributed by atoms with Crippen LogP contribution >= 0.6 is 0 Å². The second-order valence-electron chi connectivity index (χ2n) is 5.47. The van der Waals surface area contributed by atoms with Crippen LogP contribution in [0.3, 0.4) is 0 Å². The van der Waals surface area contributed by atoms with Crippen LogP contribution in [0.5, 0.6) is 0 Å². The van der Waals surface area contributed by atoms with Gasteiger partial charge in [0, 0.05) is 13.2 Å². The lowest BCUT2D eigenvalue weighted by Gasteiger charge is -2.31. The third-order valence-electron chi connectivity index (χ3n) is 3.87. The Morgan fingerprint density at radius 2 is 1.55 bits per heavy atom. The van der Waals surface area contributed by atoms with Crippen LogP contribution < -0.4 is 0 Å². The van der Waals surface area contributed by atoms with Gasteiger partial charge in [0.05, 0.1) is 12.0 Å². The van der Waals surface area contributed by atoms with E-state index in [9.17, 15) is 9.90 Å². The molecule has 4 nitrogen and oxygen atoms in total. The van der Waals surface area contributed by atoms with Crippen molar-refractivity contribution in [3.05, 3.63) is 0 Å². The predicted molar refractivity (Wildman–Crippen MR) is 80.5 cm³/mol. The van der Waals surface area contributed by atoms with Crippen molar-refractivity contribution in [3.63, 3.8) is 0 Å². The van der Waals surface area contributed by atoms with Crippen LogP contribution in [0.1, 0.15) is 71.6 Å². The Bertz CT molecular complexity index is 243. The van der Waals surface area contributed by atoms with Gasteiger partial charge in [0.25, 0.3) is 0 Å². The maximum Gasteiger partial charge on any atom is 0.312 e. The van der Waals surface area contributed by atoms with Crippen LogP contribution in [0.4, 0.5) is 0 Å². The summed E-state index contributed by atoms with van der Waals surface area (Å²) < 4.78 is 5.24. The van der Waals surface area contributed by atoms with Crippen LogP contribution in [0, 0.1) is 5.41 Å². The molecule has 0 rings (SSSR count). The fourth-order valence-corrected chi connectivity index (χ4v) is 2.64. The zero-order valence-corrected chi connectivity index (χ0v) is 13.2. The first-order valence-electron chi connectivity index (χ1n) is 8.05. The summed E-state index contributed by atoms with van der Waals surface area (Å²) in [5, 5.41) is 18.2. The highest BCUT2D eigenvalue weighted by Crippen LogP contribution is 2.36. The van der Waals surface area contributed by atoms with E-state index < -0.39 is 5.41 Å². The van der Waals surface area contributed by atoms with Gasteiger partial charge in [-0.3, -0.25) is 4.79 Å². The quantitative estimate of drug-likeness (QED) is 0.404. The molecule has 20 heavy (non-hydrogen) atoms. The van der Waals surface area contributed by atoms with Crippen LogP contribution in [-0.2, 0) is 9.53 Å². The molecule has 0 aliphatic heterocycles. The van der Waals surface area contributed by atoms with Crippen molar-refractivity contribution in [3.8, 4) is 0 Å². The molecule has 0 bridgehead atoms. The van der Waals surface area contributed by atoms with E-state index in [-0.39, 0.29) is 19.2 Å². The highest BCUT2D eigenvalue weighted by atomic mass is 16.5. The number of aliphatic hydroxyl groups excluding tert-OH is 2. The summed E-state index contributed by atoms with van der Waals surface area (Å²) in [6.45, 7) is 4.50. The maximum absolute atomic E-state index is 12.3. The van der Waals surface area contributed by atoms with Gasteiger partial charge in [-0.05, 0) is 32.6 Å². The number of esters is 1. The Balaban J connectivity index is 4.67. The Kier molecular flexibility index (Phi) is 11.8. The smallest absolute Gasteiger partial charge is 0.312 e. The number of carbonyl (C=O) groups is 1. The minimum atomic E-state index is -0.562. The average molecular weight is 288 g/mol. The van der Waals surface area contributed by atoms with Crippen LogP contribution in [-0.4, -0.2) is 36.0 Å². The summed E-state index contributed by atoms with van der Waals surface area (Å²) in [5.41, 5.74) is -0.562. The molecular formula is C16H32O4. The molecule has 0 aromatic carbocycles. The minimum absolute atomic E-state index is 0.00567. The molecule has 4 heteroatoms. The first-order valence-corrected chi connectivity index (χ1v) is 8.05. The molecule has 0 aliphatic rings. The SMILES string of the molecule is CCCCCCC(CCO)(CCCCO)C(=O)OCC. The first-order chi connectivity index (χ1) is 9.66. The summed E-state index contributed by atoms with van der Waals surface area (Å²) in [5.74, 6) is -0.177. The zero-order chi connectivity index (χ0) is 15.3. The number of aliphatic hydroxyl groups is 2. The summed E-state index contributed by atoms with van der Waals surface area (Å²) in [6, 6.07) is 0. The van der Waals surface area contributed by atoms with Gasteiger partial charge >= 0.3 is 5.97 Å². The number of carbonyl (C=O) groups excluding carboxylic acids is 1. The monoisotopic (exact) mass is 288 g/mol. The van der Waals surface area contributed by atoms with Gasteiger partial charge in [0.1, 0.15) is 0 Å². The fourth-order valence-electron chi connectivity index (χ4n) is 2.64. The summed E-state index contributed by atoms with van der Waals surface area (Å²) in [4.78, 5) is 12.3. The van der Waals surface area contributed by atoms with Crippen molar-refractivity contribution >= 4 is 5.97 Å². The van der Waals surface area contributed by atoms with Crippen LogP contribution in [0.2, 0.25) is 0 Å². The van der Waals surface area contributed by atoms with E-state index in [1.54, 1.807) is 0 Å². The van der Waals surface area contributed by atoms with Crippen molar-refractivity contribution in [1.82, 2.24) is 0 Å². The Hall–Kier alpha value is -0.610. The number of unbranched alkanes of at least 4 members (excludes halogenated alkanes) is 4.